The molecule has 0 amide bonds. The van der Waals surface area contributed by atoms with Crippen molar-refractivity contribution < 1.29 is 0 Å². The molecule has 3 rings (SSSR count). The number of thioether (sulfide) groups is 1. The van der Waals surface area contributed by atoms with Crippen molar-refractivity contribution in [3.8, 4) is 0 Å². The van der Waals surface area contributed by atoms with E-state index in [1.54, 1.807) is 24.2 Å². The minimum atomic E-state index is 0.767. The molecule has 0 atom stereocenters. The molecular formula is C17H20ClN5S2. The Hall–Kier alpha value is -1.57. The summed E-state index contributed by atoms with van der Waals surface area (Å²) in [4.78, 5) is 14.2. The number of piperazine rings is 1. The van der Waals surface area contributed by atoms with E-state index in [-0.39, 0.29) is 0 Å². The third-order valence-corrected chi connectivity index (χ3v) is 5.53. The van der Waals surface area contributed by atoms with Gasteiger partial charge in [0.2, 0.25) is 5.95 Å². The summed E-state index contributed by atoms with van der Waals surface area (Å²) < 4.78 is 0. The van der Waals surface area contributed by atoms with E-state index in [9.17, 15) is 0 Å². The predicted molar refractivity (Wildman–Crippen MR) is 109 cm³/mol. The maximum Gasteiger partial charge on any atom is 0.225 e. The van der Waals surface area contributed by atoms with Crippen molar-refractivity contribution in [2.24, 2.45) is 0 Å². The van der Waals surface area contributed by atoms with Crippen LogP contribution in [0.5, 0.6) is 0 Å². The van der Waals surface area contributed by atoms with Crippen molar-refractivity contribution in [2.45, 2.75) is 4.90 Å². The van der Waals surface area contributed by atoms with Crippen molar-refractivity contribution in [3.63, 3.8) is 0 Å². The molecule has 1 N–H and O–H groups in total. The summed E-state index contributed by atoms with van der Waals surface area (Å²) in [6.45, 7) is 4.37. The summed E-state index contributed by atoms with van der Waals surface area (Å²) in [5.41, 5.74) is 0. The van der Waals surface area contributed by atoms with Gasteiger partial charge >= 0.3 is 0 Å². The molecule has 1 aromatic carbocycles. The fourth-order valence-electron chi connectivity index (χ4n) is 2.53. The number of hydrogen-bond acceptors (Lipinski definition) is 5. The highest BCUT2D eigenvalue weighted by atomic mass is 35.5. The van der Waals surface area contributed by atoms with E-state index in [4.69, 9.17) is 23.8 Å². The van der Waals surface area contributed by atoms with Crippen molar-refractivity contribution in [1.29, 1.82) is 0 Å². The summed E-state index contributed by atoms with van der Waals surface area (Å²) in [5, 5.41) is 4.94. The minimum Gasteiger partial charge on any atom is -0.362 e. The molecule has 2 aromatic rings. The summed E-state index contributed by atoms with van der Waals surface area (Å²) in [6, 6.07) is 9.74. The van der Waals surface area contributed by atoms with Crippen molar-refractivity contribution in [2.75, 3.05) is 43.4 Å². The highest BCUT2D eigenvalue weighted by molar-refractivity contribution is 7.99. The van der Waals surface area contributed by atoms with Crippen LogP contribution in [-0.2, 0) is 0 Å². The largest absolute Gasteiger partial charge is 0.362 e. The zero-order valence-electron chi connectivity index (χ0n) is 13.8. The molecule has 5 nitrogen and oxygen atoms in total. The average Bonchev–Trinajstić information content (AvgIpc) is 2.67. The second-order valence-electron chi connectivity index (χ2n) is 5.56. The van der Waals surface area contributed by atoms with Gasteiger partial charge in [-0.25, -0.2) is 9.97 Å². The molecule has 0 aliphatic carbocycles. The molecule has 0 bridgehead atoms. The highest BCUT2D eigenvalue weighted by Gasteiger charge is 2.20. The van der Waals surface area contributed by atoms with Crippen molar-refractivity contribution in [3.05, 3.63) is 47.7 Å². The zero-order valence-corrected chi connectivity index (χ0v) is 16.2. The molecule has 0 spiro atoms. The average molecular weight is 394 g/mol. The van der Waals surface area contributed by atoms with E-state index >= 15 is 0 Å². The molecular weight excluding hydrogens is 374 g/mol. The third-order valence-electron chi connectivity index (χ3n) is 3.86. The van der Waals surface area contributed by atoms with Crippen LogP contribution < -0.4 is 10.2 Å². The number of nitrogens with one attached hydrogen (secondary N) is 1. The number of thiocarbonyl (C=S) groups is 1. The molecule has 1 saturated heterocycles. The molecule has 0 unspecified atom stereocenters. The van der Waals surface area contributed by atoms with Crippen LogP contribution in [0.2, 0.25) is 5.02 Å². The minimum absolute atomic E-state index is 0.767. The van der Waals surface area contributed by atoms with Gasteiger partial charge in [-0.2, -0.15) is 0 Å². The lowest BCUT2D eigenvalue weighted by Crippen LogP contribution is -2.52. The second-order valence-corrected chi connectivity index (χ2v) is 7.55. The number of rotatable bonds is 5. The quantitative estimate of drug-likeness (QED) is 0.476. The fourth-order valence-corrected chi connectivity index (χ4v) is 3.71. The van der Waals surface area contributed by atoms with E-state index in [0.29, 0.717) is 0 Å². The van der Waals surface area contributed by atoms with Gasteiger partial charge in [-0.05, 0) is 42.5 Å². The maximum absolute atomic E-state index is 5.89. The molecule has 0 saturated carbocycles. The van der Waals surface area contributed by atoms with Crippen LogP contribution in [0.25, 0.3) is 0 Å². The van der Waals surface area contributed by atoms with Crippen LogP contribution in [0.4, 0.5) is 5.95 Å². The first kappa shape index (κ1) is 18.2. The second kappa shape index (κ2) is 9.22. The Labute approximate surface area is 162 Å². The van der Waals surface area contributed by atoms with Gasteiger partial charge in [0.25, 0.3) is 0 Å². The Bertz CT molecular complexity index is 675. The topological polar surface area (TPSA) is 44.3 Å². The van der Waals surface area contributed by atoms with Crippen LogP contribution >= 0.6 is 35.6 Å². The summed E-state index contributed by atoms with van der Waals surface area (Å²) in [6.07, 6.45) is 3.55. The standard InChI is InChI=1S/C17H20ClN5S2/c18-14-2-4-15(5-3-14)25-13-8-21-17(24)23-11-9-22(10-12-23)16-19-6-1-7-20-16/h1-7H,8-13H2,(H,21,24). The van der Waals surface area contributed by atoms with Crippen molar-refractivity contribution >= 4 is 46.6 Å². The number of hydrogen-bond donors (Lipinski definition) is 1. The van der Waals surface area contributed by atoms with Crippen LogP contribution in [0.3, 0.4) is 0 Å². The number of halogens is 1. The number of aromatic nitrogens is 2. The summed E-state index contributed by atoms with van der Waals surface area (Å²) in [7, 11) is 0. The van der Waals surface area contributed by atoms with E-state index in [1.165, 1.54) is 4.90 Å². The molecule has 132 valence electrons. The Morgan fingerprint density at radius 2 is 1.80 bits per heavy atom. The first-order chi connectivity index (χ1) is 12.2. The SMILES string of the molecule is S=C(NCCSc1ccc(Cl)cc1)N1CCN(c2ncccn2)CC1. The molecule has 25 heavy (non-hydrogen) atoms. The van der Waals surface area contributed by atoms with Gasteiger partial charge in [0.05, 0.1) is 0 Å². The summed E-state index contributed by atoms with van der Waals surface area (Å²) in [5.74, 6) is 1.75. The zero-order chi connectivity index (χ0) is 17.5. The Morgan fingerprint density at radius 1 is 1.12 bits per heavy atom. The van der Waals surface area contributed by atoms with Gasteiger partial charge < -0.3 is 15.1 Å². The lowest BCUT2D eigenvalue weighted by Gasteiger charge is -2.36. The predicted octanol–water partition coefficient (Wildman–Crippen LogP) is 2.92. The molecule has 2 heterocycles. The van der Waals surface area contributed by atoms with Gasteiger partial charge in [-0.15, -0.1) is 11.8 Å². The monoisotopic (exact) mass is 393 g/mol. The highest BCUT2D eigenvalue weighted by Crippen LogP contribution is 2.19. The van der Waals surface area contributed by atoms with Gasteiger partial charge in [0, 0.05) is 60.8 Å². The van der Waals surface area contributed by atoms with Crippen LogP contribution in [0.1, 0.15) is 0 Å². The molecule has 1 aromatic heterocycles. The normalized spacial score (nSPS) is 14.4. The third kappa shape index (κ3) is 5.45. The van der Waals surface area contributed by atoms with Gasteiger partial charge in [-0.3, -0.25) is 0 Å². The Kier molecular flexibility index (Phi) is 6.72. The maximum atomic E-state index is 5.89. The van der Waals surface area contributed by atoms with Crippen molar-refractivity contribution in [1.82, 2.24) is 20.2 Å². The van der Waals surface area contributed by atoms with Crippen LogP contribution in [-0.4, -0.2) is 58.5 Å². The van der Waals surface area contributed by atoms with E-state index in [0.717, 1.165) is 54.6 Å². The number of anilines is 1. The lowest BCUT2D eigenvalue weighted by molar-refractivity contribution is 0.378. The number of benzene rings is 1. The smallest absolute Gasteiger partial charge is 0.225 e. The van der Waals surface area contributed by atoms with E-state index in [1.807, 2.05) is 30.3 Å². The number of nitrogens with zero attached hydrogens (tertiary/aromatic N) is 4. The van der Waals surface area contributed by atoms with Gasteiger partial charge in [-0.1, -0.05) is 11.6 Å². The van der Waals surface area contributed by atoms with Gasteiger partial charge in [0.1, 0.15) is 0 Å². The molecule has 1 aliphatic rings. The first-order valence-corrected chi connectivity index (χ1v) is 9.93. The summed E-state index contributed by atoms with van der Waals surface area (Å²) >= 11 is 13.2. The first-order valence-electron chi connectivity index (χ1n) is 8.15. The molecule has 1 aliphatic heterocycles. The molecule has 0 radical (unpaired) electrons. The Morgan fingerprint density at radius 3 is 2.48 bits per heavy atom. The van der Waals surface area contributed by atoms with Crippen LogP contribution in [0.15, 0.2) is 47.6 Å². The fraction of sp³-hybridized carbons (Fsp3) is 0.353. The lowest BCUT2D eigenvalue weighted by atomic mass is 10.3. The Balaban J connectivity index is 1.36. The van der Waals surface area contributed by atoms with Gasteiger partial charge in [0.15, 0.2) is 5.11 Å². The molecule has 1 fully saturated rings. The molecule has 8 heteroatoms. The van der Waals surface area contributed by atoms with E-state index < -0.39 is 0 Å². The van der Waals surface area contributed by atoms with Crippen LogP contribution in [0, 0.1) is 0 Å². The van der Waals surface area contributed by atoms with E-state index in [2.05, 4.69) is 25.1 Å².